The number of carbonyl (C=O) groups is 5. The van der Waals surface area contributed by atoms with Crippen molar-refractivity contribution in [2.75, 3.05) is 0 Å². The number of ketones is 1. The Kier molecular flexibility index (Phi) is 13.2. The molecule has 1 aromatic carbocycles. The van der Waals surface area contributed by atoms with E-state index in [1.807, 2.05) is 42.6 Å². The Hall–Kier alpha value is -3.57. The number of halogens is 2. The number of aliphatic carboxylic acids is 1. The first-order valence-corrected chi connectivity index (χ1v) is 12.1. The Morgan fingerprint density at radius 3 is 1.97 bits per heavy atom. The van der Waals surface area contributed by atoms with Gasteiger partial charge in [-0.25, -0.2) is 18.4 Å². The Bertz CT molecular complexity index is 929. The lowest BCUT2D eigenvalue weighted by molar-refractivity contribution is -0.151. The first kappa shape index (κ1) is 31.5. The molecule has 1 aromatic rings. The molecule has 5 N–H and O–H groups in total. The first-order chi connectivity index (χ1) is 17.3. The monoisotopic (exact) mass is 526 g/mol. The van der Waals surface area contributed by atoms with Crippen LogP contribution in [0.25, 0.3) is 0 Å². The van der Waals surface area contributed by atoms with Crippen molar-refractivity contribution in [1.29, 1.82) is 0 Å². The summed E-state index contributed by atoms with van der Waals surface area (Å²) >= 11 is 0. The van der Waals surface area contributed by atoms with Crippen LogP contribution in [-0.2, 0) is 25.7 Å². The standard InChI is InChI=1S/C25H36F2N4O6/c1-5-15(4)20(31-25(37)28-13-16-9-7-6-8-10-16)23(34)30-18(11-14(2)3)22(33)29-17(12-19(26)27)21(32)24(35)36/h6-10,14-15,17-20H,5,11-13H2,1-4H3,(H,29,33)(H,30,34)(H,35,36)(H2,28,31,37)/t15?,17?,18-,20-/m0/s1. The van der Waals surface area contributed by atoms with Gasteiger partial charge in [-0.05, 0) is 23.8 Å². The first-order valence-electron chi connectivity index (χ1n) is 12.1. The fourth-order valence-corrected chi connectivity index (χ4v) is 3.47. The fraction of sp³-hybridized carbons (Fsp3) is 0.560. The molecule has 0 aliphatic rings. The third-order valence-corrected chi connectivity index (χ3v) is 5.68. The molecule has 4 amide bonds. The molecule has 12 heteroatoms. The molecule has 10 nitrogen and oxygen atoms in total. The van der Waals surface area contributed by atoms with Crippen LogP contribution in [0.3, 0.4) is 0 Å². The van der Waals surface area contributed by atoms with Gasteiger partial charge < -0.3 is 26.4 Å². The number of alkyl halides is 2. The molecule has 0 radical (unpaired) electrons. The minimum absolute atomic E-state index is 0.0770. The molecule has 0 saturated heterocycles. The third-order valence-electron chi connectivity index (χ3n) is 5.68. The largest absolute Gasteiger partial charge is 0.475 e. The normalized spacial score (nSPS) is 14.3. The predicted octanol–water partition coefficient (Wildman–Crippen LogP) is 2.23. The highest BCUT2D eigenvalue weighted by atomic mass is 19.3. The number of carbonyl (C=O) groups excluding carboxylic acids is 4. The van der Waals surface area contributed by atoms with Crippen LogP contribution in [0.4, 0.5) is 13.6 Å². The van der Waals surface area contributed by atoms with Gasteiger partial charge in [0.05, 0.1) is 0 Å². The SMILES string of the molecule is CCC(C)[C@H](NC(=O)NCc1ccccc1)C(=O)N[C@@H](CC(C)C)C(=O)NC(CC(F)F)C(=O)C(=O)O. The van der Waals surface area contributed by atoms with Crippen molar-refractivity contribution in [3.8, 4) is 0 Å². The molecular weight excluding hydrogens is 490 g/mol. The van der Waals surface area contributed by atoms with E-state index in [0.717, 1.165) is 5.56 Å². The second-order valence-corrected chi connectivity index (χ2v) is 9.22. The van der Waals surface area contributed by atoms with Crippen LogP contribution in [-0.4, -0.2) is 59.3 Å². The predicted molar refractivity (Wildman–Crippen MR) is 132 cm³/mol. The highest BCUT2D eigenvalue weighted by molar-refractivity contribution is 6.35. The zero-order valence-electron chi connectivity index (χ0n) is 21.4. The van der Waals surface area contributed by atoms with Crippen LogP contribution in [0.5, 0.6) is 0 Å². The van der Waals surface area contributed by atoms with E-state index in [-0.39, 0.29) is 24.8 Å². The summed E-state index contributed by atoms with van der Waals surface area (Å²) in [5.74, 6) is -5.66. The number of benzene rings is 1. The number of rotatable bonds is 15. The van der Waals surface area contributed by atoms with Gasteiger partial charge >= 0.3 is 12.0 Å². The summed E-state index contributed by atoms with van der Waals surface area (Å²) in [6.45, 7) is 7.30. The highest BCUT2D eigenvalue weighted by Crippen LogP contribution is 2.12. The van der Waals surface area contributed by atoms with Crippen LogP contribution < -0.4 is 21.3 Å². The molecule has 206 valence electrons. The molecule has 0 aliphatic heterocycles. The average molecular weight is 527 g/mol. The van der Waals surface area contributed by atoms with Crippen LogP contribution in [0.15, 0.2) is 30.3 Å². The van der Waals surface area contributed by atoms with E-state index in [2.05, 4.69) is 16.0 Å². The maximum Gasteiger partial charge on any atom is 0.374 e. The van der Waals surface area contributed by atoms with Crippen LogP contribution in [0, 0.1) is 11.8 Å². The summed E-state index contributed by atoms with van der Waals surface area (Å²) in [5.41, 5.74) is 0.852. The van der Waals surface area contributed by atoms with E-state index in [1.165, 1.54) is 0 Å². The number of hydrogen-bond donors (Lipinski definition) is 5. The van der Waals surface area contributed by atoms with Gasteiger partial charge in [-0.3, -0.25) is 14.4 Å². The van der Waals surface area contributed by atoms with E-state index >= 15 is 0 Å². The highest BCUT2D eigenvalue weighted by Gasteiger charge is 2.34. The van der Waals surface area contributed by atoms with Gasteiger partial charge in [-0.15, -0.1) is 0 Å². The van der Waals surface area contributed by atoms with Crippen molar-refractivity contribution < 1.29 is 37.9 Å². The van der Waals surface area contributed by atoms with Gasteiger partial charge in [0.25, 0.3) is 5.78 Å². The molecule has 0 fully saturated rings. The lowest BCUT2D eigenvalue weighted by Crippen LogP contribution is -2.58. The molecule has 4 atom stereocenters. The zero-order chi connectivity index (χ0) is 28.1. The number of hydrogen-bond acceptors (Lipinski definition) is 5. The minimum atomic E-state index is -3.04. The van der Waals surface area contributed by atoms with Gasteiger partial charge in [0.2, 0.25) is 18.2 Å². The maximum atomic E-state index is 13.1. The van der Waals surface area contributed by atoms with Gasteiger partial charge in [0.15, 0.2) is 0 Å². The van der Waals surface area contributed by atoms with Gasteiger partial charge in [0.1, 0.15) is 18.1 Å². The maximum absolute atomic E-state index is 13.1. The van der Waals surface area contributed by atoms with E-state index in [0.29, 0.717) is 6.42 Å². The average Bonchev–Trinajstić information content (AvgIpc) is 2.84. The lowest BCUT2D eigenvalue weighted by Gasteiger charge is -2.28. The fourth-order valence-electron chi connectivity index (χ4n) is 3.47. The van der Waals surface area contributed by atoms with Crippen LogP contribution >= 0.6 is 0 Å². The summed E-state index contributed by atoms with van der Waals surface area (Å²) in [6.07, 6.45) is -3.63. The summed E-state index contributed by atoms with van der Waals surface area (Å²) in [4.78, 5) is 61.3. The molecule has 0 bridgehead atoms. The summed E-state index contributed by atoms with van der Waals surface area (Å²) in [6, 6.07) is 4.29. The Balaban J connectivity index is 2.98. The number of amides is 4. The number of nitrogens with one attached hydrogen (secondary N) is 4. The number of Topliss-reactive ketones (excluding diaryl/α,β-unsaturated/α-hetero) is 1. The van der Waals surface area contributed by atoms with Gasteiger partial charge in [-0.2, -0.15) is 0 Å². The summed E-state index contributed by atoms with van der Waals surface area (Å²) < 4.78 is 25.8. The summed E-state index contributed by atoms with van der Waals surface area (Å²) in [5, 5.41) is 18.8. The molecule has 0 spiro atoms. The molecule has 0 saturated carbocycles. The van der Waals surface area contributed by atoms with Crippen molar-refractivity contribution in [1.82, 2.24) is 21.3 Å². The lowest BCUT2D eigenvalue weighted by atomic mass is 9.96. The Labute approximate surface area is 214 Å². The molecule has 0 aromatic heterocycles. The summed E-state index contributed by atoms with van der Waals surface area (Å²) in [7, 11) is 0. The zero-order valence-corrected chi connectivity index (χ0v) is 21.4. The minimum Gasteiger partial charge on any atom is -0.475 e. The molecule has 37 heavy (non-hydrogen) atoms. The van der Waals surface area contributed by atoms with Crippen molar-refractivity contribution in [3.63, 3.8) is 0 Å². The quantitative estimate of drug-likeness (QED) is 0.221. The topological polar surface area (TPSA) is 154 Å². The second-order valence-electron chi connectivity index (χ2n) is 9.22. The van der Waals surface area contributed by atoms with E-state index in [4.69, 9.17) is 5.11 Å². The number of urea groups is 1. The smallest absolute Gasteiger partial charge is 0.374 e. The van der Waals surface area contributed by atoms with Crippen molar-refractivity contribution in [3.05, 3.63) is 35.9 Å². The molecule has 0 aliphatic carbocycles. The van der Waals surface area contributed by atoms with Crippen molar-refractivity contribution in [2.24, 2.45) is 11.8 Å². The van der Waals surface area contributed by atoms with Crippen LogP contribution in [0.1, 0.15) is 52.5 Å². The molecular formula is C25H36F2N4O6. The van der Waals surface area contributed by atoms with Crippen molar-refractivity contribution in [2.45, 2.75) is 78.1 Å². The van der Waals surface area contributed by atoms with Gasteiger partial charge in [-0.1, -0.05) is 64.4 Å². The number of carboxylic acid groups (broad SMARTS) is 1. The Morgan fingerprint density at radius 2 is 1.46 bits per heavy atom. The van der Waals surface area contributed by atoms with E-state index in [1.54, 1.807) is 20.8 Å². The molecule has 1 rings (SSSR count). The van der Waals surface area contributed by atoms with E-state index < -0.39 is 60.6 Å². The number of carboxylic acids is 1. The Morgan fingerprint density at radius 1 is 0.865 bits per heavy atom. The van der Waals surface area contributed by atoms with Gasteiger partial charge in [0, 0.05) is 13.0 Å². The van der Waals surface area contributed by atoms with E-state index in [9.17, 15) is 32.8 Å². The van der Waals surface area contributed by atoms with Crippen LogP contribution in [0.2, 0.25) is 0 Å². The molecule has 0 heterocycles. The molecule has 2 unspecified atom stereocenters. The second kappa shape index (κ2) is 15.5. The van der Waals surface area contributed by atoms with Crippen molar-refractivity contribution >= 4 is 29.6 Å². The third kappa shape index (κ3) is 11.4.